The molecule has 1 atom stereocenters. The fraction of sp³-hybridized carbons (Fsp3) is 0.409. The van der Waals surface area contributed by atoms with Gasteiger partial charge in [0.25, 0.3) is 5.91 Å². The van der Waals surface area contributed by atoms with Gasteiger partial charge in [-0.1, -0.05) is 50.6 Å². The smallest absolute Gasteiger partial charge is 0.260 e. The van der Waals surface area contributed by atoms with Gasteiger partial charge in [0.1, 0.15) is 18.1 Å². The zero-order chi connectivity index (χ0) is 19.2. The number of hydrogen-bond donors (Lipinski definition) is 1. The summed E-state index contributed by atoms with van der Waals surface area (Å²) >= 11 is 0. The highest BCUT2D eigenvalue weighted by Gasteiger charge is 2.16. The van der Waals surface area contributed by atoms with E-state index in [1.807, 2.05) is 55.5 Å². The van der Waals surface area contributed by atoms with Crippen molar-refractivity contribution in [2.24, 2.45) is 0 Å². The van der Waals surface area contributed by atoms with Crippen molar-refractivity contribution in [1.29, 1.82) is 0 Å². The van der Waals surface area contributed by atoms with Gasteiger partial charge in [0.05, 0.1) is 6.54 Å². The Morgan fingerprint density at radius 3 is 2.15 bits per heavy atom. The van der Waals surface area contributed by atoms with Crippen LogP contribution in [0.25, 0.3) is 0 Å². The average Bonchev–Trinajstić information content (AvgIpc) is 2.59. The minimum Gasteiger partial charge on any atom is -0.492 e. The summed E-state index contributed by atoms with van der Waals surface area (Å²) in [6, 6.07) is 15.7. The second-order valence-corrected chi connectivity index (χ2v) is 7.49. The van der Waals surface area contributed by atoms with E-state index in [1.165, 1.54) is 11.1 Å². The molecule has 0 saturated heterocycles. The van der Waals surface area contributed by atoms with Crippen LogP contribution in [0.3, 0.4) is 0 Å². The van der Waals surface area contributed by atoms with Crippen molar-refractivity contribution in [1.82, 2.24) is 5.32 Å². The van der Waals surface area contributed by atoms with E-state index in [0.717, 1.165) is 5.75 Å². The van der Waals surface area contributed by atoms with Gasteiger partial charge in [0, 0.05) is 0 Å². The van der Waals surface area contributed by atoms with Crippen molar-refractivity contribution in [3.8, 4) is 11.5 Å². The number of rotatable bonds is 7. The first-order valence-electron chi connectivity index (χ1n) is 9.00. The van der Waals surface area contributed by atoms with E-state index in [0.29, 0.717) is 18.9 Å². The van der Waals surface area contributed by atoms with Gasteiger partial charge in [-0.05, 0) is 49.1 Å². The molecular weight excluding hydrogens is 326 g/mol. The Hall–Kier alpha value is -2.49. The van der Waals surface area contributed by atoms with E-state index in [1.54, 1.807) is 6.92 Å². The predicted molar refractivity (Wildman–Crippen MR) is 105 cm³/mol. The Labute approximate surface area is 156 Å². The molecule has 4 heteroatoms. The summed E-state index contributed by atoms with van der Waals surface area (Å²) in [4.78, 5) is 12.1. The topological polar surface area (TPSA) is 47.6 Å². The molecular formula is C22H29NO3. The summed E-state index contributed by atoms with van der Waals surface area (Å²) in [6.07, 6.45) is -0.560. The summed E-state index contributed by atoms with van der Waals surface area (Å²) in [5.41, 5.74) is 2.52. The number of nitrogens with one attached hydrogen (secondary N) is 1. The van der Waals surface area contributed by atoms with Gasteiger partial charge in [-0.15, -0.1) is 0 Å². The fourth-order valence-corrected chi connectivity index (χ4v) is 2.41. The van der Waals surface area contributed by atoms with Crippen LogP contribution in [0.2, 0.25) is 0 Å². The molecule has 1 N–H and O–H groups in total. The van der Waals surface area contributed by atoms with Crippen LogP contribution in [0, 0.1) is 6.92 Å². The molecule has 0 radical (unpaired) electrons. The maximum absolute atomic E-state index is 12.1. The van der Waals surface area contributed by atoms with Gasteiger partial charge in [-0.3, -0.25) is 4.79 Å². The Balaban J connectivity index is 1.74. The zero-order valence-electron chi connectivity index (χ0n) is 16.3. The highest BCUT2D eigenvalue weighted by Crippen LogP contribution is 2.24. The lowest BCUT2D eigenvalue weighted by Crippen LogP contribution is -2.38. The predicted octanol–water partition coefficient (Wildman–Crippen LogP) is 4.26. The minimum absolute atomic E-state index is 0.0962. The third kappa shape index (κ3) is 6.10. The number of aryl methyl sites for hydroxylation is 1. The average molecular weight is 355 g/mol. The second-order valence-electron chi connectivity index (χ2n) is 7.49. The molecule has 0 aliphatic rings. The lowest BCUT2D eigenvalue weighted by Gasteiger charge is -2.20. The number of benzene rings is 2. The Morgan fingerprint density at radius 2 is 1.58 bits per heavy atom. The van der Waals surface area contributed by atoms with Crippen LogP contribution in [0.1, 0.15) is 38.8 Å². The fourth-order valence-electron chi connectivity index (χ4n) is 2.41. The molecule has 0 saturated carbocycles. The normalized spacial score (nSPS) is 12.3. The quantitative estimate of drug-likeness (QED) is 0.755. The molecule has 0 aromatic heterocycles. The van der Waals surface area contributed by atoms with Crippen LogP contribution in [-0.2, 0) is 10.2 Å². The van der Waals surface area contributed by atoms with E-state index in [4.69, 9.17) is 9.47 Å². The number of amides is 1. The molecule has 2 rings (SSSR count). The molecule has 0 unspecified atom stereocenters. The van der Waals surface area contributed by atoms with Gasteiger partial charge < -0.3 is 14.8 Å². The third-order valence-corrected chi connectivity index (χ3v) is 4.09. The Kier molecular flexibility index (Phi) is 6.67. The van der Waals surface area contributed by atoms with E-state index in [-0.39, 0.29) is 11.3 Å². The first kappa shape index (κ1) is 19.8. The largest absolute Gasteiger partial charge is 0.492 e. The van der Waals surface area contributed by atoms with Crippen LogP contribution >= 0.6 is 0 Å². The summed E-state index contributed by atoms with van der Waals surface area (Å²) in [5.74, 6) is 1.34. The molecule has 1 amide bonds. The summed E-state index contributed by atoms with van der Waals surface area (Å²) in [5, 5.41) is 2.83. The van der Waals surface area contributed by atoms with Crippen molar-refractivity contribution < 1.29 is 14.3 Å². The second kappa shape index (κ2) is 8.75. The highest BCUT2D eigenvalue weighted by atomic mass is 16.5. The molecule has 2 aromatic rings. The van der Waals surface area contributed by atoms with Gasteiger partial charge in [0.15, 0.2) is 6.10 Å². The maximum atomic E-state index is 12.1. The molecule has 4 nitrogen and oxygen atoms in total. The van der Waals surface area contributed by atoms with Crippen LogP contribution in [0.5, 0.6) is 11.5 Å². The molecule has 0 bridgehead atoms. The van der Waals surface area contributed by atoms with Gasteiger partial charge in [-0.25, -0.2) is 0 Å². The summed E-state index contributed by atoms with van der Waals surface area (Å²) < 4.78 is 11.3. The molecule has 0 aliphatic carbocycles. The lowest BCUT2D eigenvalue weighted by molar-refractivity contribution is -0.127. The number of hydrogen-bond acceptors (Lipinski definition) is 3. The van der Waals surface area contributed by atoms with E-state index < -0.39 is 6.10 Å². The van der Waals surface area contributed by atoms with Crippen LogP contribution in [-0.4, -0.2) is 25.2 Å². The van der Waals surface area contributed by atoms with E-state index in [2.05, 4.69) is 26.1 Å². The highest BCUT2D eigenvalue weighted by molar-refractivity contribution is 5.80. The Morgan fingerprint density at radius 1 is 1.00 bits per heavy atom. The van der Waals surface area contributed by atoms with Gasteiger partial charge >= 0.3 is 0 Å². The molecule has 2 aromatic carbocycles. The molecule has 0 heterocycles. The zero-order valence-corrected chi connectivity index (χ0v) is 16.3. The number of carbonyl (C=O) groups is 1. The summed E-state index contributed by atoms with van der Waals surface area (Å²) in [6.45, 7) is 11.1. The monoisotopic (exact) mass is 355 g/mol. The molecule has 140 valence electrons. The summed E-state index contributed by atoms with van der Waals surface area (Å²) in [7, 11) is 0. The van der Waals surface area contributed by atoms with E-state index >= 15 is 0 Å². The van der Waals surface area contributed by atoms with Crippen molar-refractivity contribution in [3.63, 3.8) is 0 Å². The molecule has 26 heavy (non-hydrogen) atoms. The molecule has 0 aliphatic heterocycles. The van der Waals surface area contributed by atoms with Crippen LogP contribution in [0.4, 0.5) is 0 Å². The Bertz CT molecular complexity index is 700. The van der Waals surface area contributed by atoms with Crippen LogP contribution < -0.4 is 14.8 Å². The van der Waals surface area contributed by atoms with Crippen molar-refractivity contribution >= 4 is 5.91 Å². The van der Waals surface area contributed by atoms with Crippen molar-refractivity contribution in [2.45, 2.75) is 46.1 Å². The first-order valence-corrected chi connectivity index (χ1v) is 9.00. The standard InChI is InChI=1S/C22H29NO3/c1-16-6-10-19(11-7-16)25-15-14-23-21(24)17(2)26-20-12-8-18(9-13-20)22(3,4)5/h6-13,17H,14-15H2,1-5H3,(H,23,24)/t17-/m0/s1. The third-order valence-electron chi connectivity index (χ3n) is 4.09. The number of carbonyl (C=O) groups excluding carboxylic acids is 1. The SMILES string of the molecule is Cc1ccc(OCCNC(=O)[C@H](C)Oc2ccc(C(C)(C)C)cc2)cc1. The molecule has 0 fully saturated rings. The lowest BCUT2D eigenvalue weighted by atomic mass is 9.87. The van der Waals surface area contributed by atoms with Crippen LogP contribution in [0.15, 0.2) is 48.5 Å². The maximum Gasteiger partial charge on any atom is 0.260 e. The van der Waals surface area contributed by atoms with Crippen molar-refractivity contribution in [3.05, 3.63) is 59.7 Å². The van der Waals surface area contributed by atoms with Gasteiger partial charge in [0.2, 0.25) is 0 Å². The van der Waals surface area contributed by atoms with Gasteiger partial charge in [-0.2, -0.15) is 0 Å². The van der Waals surface area contributed by atoms with Crippen molar-refractivity contribution in [2.75, 3.05) is 13.2 Å². The first-order chi connectivity index (χ1) is 12.3. The number of ether oxygens (including phenoxy) is 2. The van der Waals surface area contributed by atoms with E-state index in [9.17, 15) is 4.79 Å². The minimum atomic E-state index is -0.560. The molecule has 0 spiro atoms.